The van der Waals surface area contributed by atoms with Gasteiger partial charge in [-0.25, -0.2) is 0 Å². The molecular weight excluding hydrogens is 745 g/mol. The van der Waals surface area contributed by atoms with Crippen molar-refractivity contribution in [1.82, 2.24) is 0 Å². The van der Waals surface area contributed by atoms with E-state index in [1.165, 1.54) is 186 Å². The Kier molecular flexibility index (Phi) is 45.7. The van der Waals surface area contributed by atoms with Crippen LogP contribution in [0.4, 0.5) is 0 Å². The molecule has 0 spiro atoms. The van der Waals surface area contributed by atoms with Gasteiger partial charge in [-0.2, -0.15) is 0 Å². The third kappa shape index (κ3) is 45.9. The predicted octanol–water partition coefficient (Wildman–Crippen LogP) is 17.3. The molecule has 0 radical (unpaired) electrons. The van der Waals surface area contributed by atoms with Crippen LogP contribution in [0.3, 0.4) is 0 Å². The summed E-state index contributed by atoms with van der Waals surface area (Å²) in [6.45, 7) is 11.4. The molecule has 0 aliphatic carbocycles. The van der Waals surface area contributed by atoms with Crippen molar-refractivity contribution < 1.29 is 28.6 Å². The molecule has 0 N–H and O–H groups in total. The fourth-order valence-electron chi connectivity index (χ4n) is 8.13. The average Bonchev–Trinajstić information content (AvgIpc) is 3.23. The van der Waals surface area contributed by atoms with Gasteiger partial charge in [0.1, 0.15) is 13.2 Å². The van der Waals surface area contributed by atoms with Crippen LogP contribution < -0.4 is 0 Å². The Bertz CT molecular complexity index is 918. The van der Waals surface area contributed by atoms with Crippen molar-refractivity contribution in [3.63, 3.8) is 0 Å². The molecule has 0 aromatic carbocycles. The molecule has 0 bridgehead atoms. The van der Waals surface area contributed by atoms with E-state index < -0.39 is 6.10 Å². The number of esters is 3. The van der Waals surface area contributed by atoms with Crippen LogP contribution in [0, 0.1) is 11.8 Å². The molecule has 0 aliphatic heterocycles. The van der Waals surface area contributed by atoms with Gasteiger partial charge in [-0.15, -0.1) is 0 Å². The fourth-order valence-corrected chi connectivity index (χ4v) is 8.13. The Labute approximate surface area is 374 Å². The van der Waals surface area contributed by atoms with Crippen molar-refractivity contribution in [2.24, 2.45) is 11.8 Å². The Morgan fingerprint density at radius 1 is 0.350 bits per heavy atom. The zero-order valence-electron chi connectivity index (χ0n) is 41.1. The van der Waals surface area contributed by atoms with Crippen LogP contribution in [0.2, 0.25) is 0 Å². The summed E-state index contributed by atoms with van der Waals surface area (Å²) >= 11 is 0. The standard InChI is InChI=1S/C54H104O6/c1-6-8-9-10-11-12-17-26-31-36-41-46-54(57)60-51(48-59-53(56)45-40-35-30-25-21-20-22-27-32-37-42-49(3)4)47-58-52(55)44-39-34-29-24-19-16-14-13-15-18-23-28-33-38-43-50(5)7-2/h49-51H,6-48H2,1-5H3/t50?,51-/m0/s1. The highest BCUT2D eigenvalue weighted by Crippen LogP contribution is 2.18. The average molecular weight is 849 g/mol. The summed E-state index contributed by atoms with van der Waals surface area (Å²) in [6.07, 6.45) is 48.0. The zero-order chi connectivity index (χ0) is 44.0. The van der Waals surface area contributed by atoms with E-state index in [4.69, 9.17) is 14.2 Å². The third-order valence-corrected chi connectivity index (χ3v) is 12.6. The largest absolute Gasteiger partial charge is 0.462 e. The van der Waals surface area contributed by atoms with Gasteiger partial charge in [0.15, 0.2) is 6.10 Å². The molecule has 0 amide bonds. The van der Waals surface area contributed by atoms with Gasteiger partial charge in [-0.1, -0.05) is 259 Å². The van der Waals surface area contributed by atoms with E-state index in [0.29, 0.717) is 19.3 Å². The zero-order valence-corrected chi connectivity index (χ0v) is 41.1. The Hall–Kier alpha value is -1.59. The summed E-state index contributed by atoms with van der Waals surface area (Å²) in [5, 5.41) is 0. The topological polar surface area (TPSA) is 78.9 Å². The van der Waals surface area contributed by atoms with Gasteiger partial charge in [0.2, 0.25) is 0 Å². The number of carbonyl (C=O) groups excluding carboxylic acids is 3. The number of hydrogen-bond acceptors (Lipinski definition) is 6. The van der Waals surface area contributed by atoms with Gasteiger partial charge in [0, 0.05) is 19.3 Å². The second-order valence-corrected chi connectivity index (χ2v) is 19.2. The molecule has 0 saturated heterocycles. The first kappa shape index (κ1) is 58.4. The lowest BCUT2D eigenvalue weighted by molar-refractivity contribution is -0.167. The van der Waals surface area contributed by atoms with Gasteiger partial charge in [-0.05, 0) is 31.1 Å². The number of rotatable bonds is 48. The van der Waals surface area contributed by atoms with Crippen LogP contribution in [-0.2, 0) is 28.6 Å². The second kappa shape index (κ2) is 46.9. The molecular formula is C54H104O6. The van der Waals surface area contributed by atoms with Gasteiger partial charge < -0.3 is 14.2 Å². The third-order valence-electron chi connectivity index (χ3n) is 12.6. The number of carbonyl (C=O) groups is 3. The molecule has 0 aromatic rings. The Balaban J connectivity index is 4.26. The summed E-state index contributed by atoms with van der Waals surface area (Å²) in [5.41, 5.74) is 0. The van der Waals surface area contributed by atoms with E-state index >= 15 is 0 Å². The summed E-state index contributed by atoms with van der Waals surface area (Å²) < 4.78 is 16.8. The maximum Gasteiger partial charge on any atom is 0.306 e. The minimum absolute atomic E-state index is 0.0634. The molecule has 0 fully saturated rings. The summed E-state index contributed by atoms with van der Waals surface area (Å²) in [6, 6.07) is 0. The van der Waals surface area contributed by atoms with Crippen molar-refractivity contribution in [3.8, 4) is 0 Å². The summed E-state index contributed by atoms with van der Waals surface area (Å²) in [4.78, 5) is 38.0. The van der Waals surface area contributed by atoms with E-state index in [1.54, 1.807) is 0 Å². The Morgan fingerprint density at radius 3 is 0.950 bits per heavy atom. The normalized spacial score (nSPS) is 12.5. The van der Waals surface area contributed by atoms with Gasteiger partial charge in [0.05, 0.1) is 0 Å². The van der Waals surface area contributed by atoms with Crippen molar-refractivity contribution >= 4 is 17.9 Å². The molecule has 1 unspecified atom stereocenters. The van der Waals surface area contributed by atoms with E-state index in [-0.39, 0.29) is 31.1 Å². The molecule has 0 heterocycles. The highest BCUT2D eigenvalue weighted by molar-refractivity contribution is 5.71. The van der Waals surface area contributed by atoms with Gasteiger partial charge >= 0.3 is 17.9 Å². The first-order valence-corrected chi connectivity index (χ1v) is 26.8. The van der Waals surface area contributed by atoms with Gasteiger partial charge in [-0.3, -0.25) is 14.4 Å². The molecule has 6 heteroatoms. The van der Waals surface area contributed by atoms with Crippen LogP contribution in [0.15, 0.2) is 0 Å². The number of ether oxygens (including phenoxy) is 3. The van der Waals surface area contributed by atoms with Gasteiger partial charge in [0.25, 0.3) is 0 Å². The lowest BCUT2D eigenvalue weighted by atomic mass is 9.99. The smallest absolute Gasteiger partial charge is 0.306 e. The first-order chi connectivity index (χ1) is 29.3. The van der Waals surface area contributed by atoms with E-state index in [1.807, 2.05) is 0 Å². The van der Waals surface area contributed by atoms with E-state index in [9.17, 15) is 14.4 Å². The van der Waals surface area contributed by atoms with Crippen molar-refractivity contribution in [2.45, 2.75) is 304 Å². The van der Waals surface area contributed by atoms with E-state index in [0.717, 1.165) is 69.6 Å². The molecule has 6 nitrogen and oxygen atoms in total. The minimum atomic E-state index is -0.761. The molecule has 0 rings (SSSR count). The van der Waals surface area contributed by atoms with Crippen molar-refractivity contribution in [3.05, 3.63) is 0 Å². The monoisotopic (exact) mass is 849 g/mol. The summed E-state index contributed by atoms with van der Waals surface area (Å²) in [5.74, 6) is 0.868. The number of unbranched alkanes of at least 4 members (excludes halogenated alkanes) is 32. The maximum atomic E-state index is 12.8. The molecule has 2 atom stereocenters. The quantitative estimate of drug-likeness (QED) is 0.0345. The molecule has 0 aliphatic rings. The minimum Gasteiger partial charge on any atom is -0.462 e. The van der Waals surface area contributed by atoms with Crippen LogP contribution in [0.1, 0.15) is 298 Å². The van der Waals surface area contributed by atoms with E-state index in [2.05, 4.69) is 34.6 Å². The lowest BCUT2D eigenvalue weighted by Gasteiger charge is -2.18. The van der Waals surface area contributed by atoms with Crippen LogP contribution in [0.5, 0.6) is 0 Å². The number of hydrogen-bond donors (Lipinski definition) is 0. The molecule has 0 aromatic heterocycles. The maximum absolute atomic E-state index is 12.8. The van der Waals surface area contributed by atoms with Crippen molar-refractivity contribution in [2.75, 3.05) is 13.2 Å². The van der Waals surface area contributed by atoms with Crippen LogP contribution in [-0.4, -0.2) is 37.2 Å². The SMILES string of the molecule is CCCCCCCCCCCCCC(=O)O[C@@H](COC(=O)CCCCCCCCCCCCCCCCC(C)CC)COC(=O)CCCCCCCCCCCCC(C)C. The predicted molar refractivity (Wildman–Crippen MR) is 256 cm³/mol. The fraction of sp³-hybridized carbons (Fsp3) is 0.944. The van der Waals surface area contributed by atoms with Crippen LogP contribution in [0.25, 0.3) is 0 Å². The first-order valence-electron chi connectivity index (χ1n) is 26.8. The Morgan fingerprint density at radius 2 is 0.633 bits per heavy atom. The highest BCUT2D eigenvalue weighted by Gasteiger charge is 2.19. The lowest BCUT2D eigenvalue weighted by Crippen LogP contribution is -2.30. The second-order valence-electron chi connectivity index (χ2n) is 19.2. The molecule has 0 saturated carbocycles. The summed E-state index contributed by atoms with van der Waals surface area (Å²) in [7, 11) is 0. The molecule has 60 heavy (non-hydrogen) atoms. The highest BCUT2D eigenvalue weighted by atomic mass is 16.6. The van der Waals surface area contributed by atoms with Crippen LogP contribution >= 0.6 is 0 Å². The molecule has 356 valence electrons. The van der Waals surface area contributed by atoms with Crippen molar-refractivity contribution in [1.29, 1.82) is 0 Å².